The van der Waals surface area contributed by atoms with Gasteiger partial charge in [-0.15, -0.1) is 0 Å². The van der Waals surface area contributed by atoms with Gasteiger partial charge in [-0.3, -0.25) is 9.59 Å². The molecule has 0 aromatic rings. The Hall–Kier alpha value is -1.36. The molecule has 3 rings (SSSR count). The molecule has 0 spiro atoms. The Balaban J connectivity index is 1.98. The summed E-state index contributed by atoms with van der Waals surface area (Å²) in [4.78, 5) is 22.9. The van der Waals surface area contributed by atoms with E-state index in [9.17, 15) is 14.7 Å². The quantitative estimate of drug-likeness (QED) is 0.620. The molecule has 1 N–H and O–H groups in total. The maximum Gasteiger partial charge on any atom is 0.303 e. The second kappa shape index (κ2) is 5.07. The highest BCUT2D eigenvalue weighted by Crippen LogP contribution is 2.72. The fraction of sp³-hybridized carbons (Fsp3) is 0.789. The molecule has 24 heavy (non-hydrogen) atoms. The summed E-state index contributed by atoms with van der Waals surface area (Å²) >= 11 is 0. The van der Waals surface area contributed by atoms with Crippen LogP contribution in [0.1, 0.15) is 53.9 Å². The monoisotopic (exact) mass is 336 g/mol. The molecule has 5 heteroatoms. The van der Waals surface area contributed by atoms with Crippen LogP contribution in [0.3, 0.4) is 0 Å². The van der Waals surface area contributed by atoms with Crippen molar-refractivity contribution in [1.29, 1.82) is 0 Å². The van der Waals surface area contributed by atoms with Crippen LogP contribution in [0.15, 0.2) is 12.2 Å². The van der Waals surface area contributed by atoms with E-state index in [0.29, 0.717) is 18.4 Å². The van der Waals surface area contributed by atoms with Gasteiger partial charge in [-0.05, 0) is 36.2 Å². The molecule has 0 aromatic heterocycles. The Morgan fingerprint density at radius 1 is 1.12 bits per heavy atom. The first-order valence-corrected chi connectivity index (χ1v) is 8.69. The Morgan fingerprint density at radius 3 is 2.25 bits per heavy atom. The molecule has 3 aliphatic carbocycles. The van der Waals surface area contributed by atoms with Crippen LogP contribution in [0, 0.1) is 22.7 Å². The molecular formula is C19H28O5. The molecule has 6 unspecified atom stereocenters. The lowest BCUT2D eigenvalue weighted by atomic mass is 9.66. The van der Waals surface area contributed by atoms with E-state index >= 15 is 0 Å². The molecule has 3 saturated carbocycles. The van der Waals surface area contributed by atoms with Crippen molar-refractivity contribution in [2.75, 3.05) is 0 Å². The average Bonchev–Trinajstić information content (AvgIpc) is 2.84. The van der Waals surface area contributed by atoms with E-state index in [0.717, 1.165) is 6.42 Å². The first-order valence-electron chi connectivity index (χ1n) is 8.69. The Bertz CT molecular complexity index is 609. The summed E-state index contributed by atoms with van der Waals surface area (Å²) in [6.07, 6.45) is 1.42. The molecule has 3 aliphatic rings. The number of carbonyl (C=O) groups is 2. The van der Waals surface area contributed by atoms with Crippen molar-refractivity contribution in [3.05, 3.63) is 12.2 Å². The number of fused-ring (bicyclic) bond motifs is 3. The molecule has 0 aliphatic heterocycles. The lowest BCUT2D eigenvalue weighted by Gasteiger charge is -2.42. The van der Waals surface area contributed by atoms with Gasteiger partial charge >= 0.3 is 11.9 Å². The van der Waals surface area contributed by atoms with Gasteiger partial charge in [-0.25, -0.2) is 0 Å². The average molecular weight is 336 g/mol. The van der Waals surface area contributed by atoms with Crippen molar-refractivity contribution < 1.29 is 24.2 Å². The van der Waals surface area contributed by atoms with Crippen molar-refractivity contribution in [2.24, 2.45) is 22.7 Å². The van der Waals surface area contributed by atoms with Crippen LogP contribution in [0.4, 0.5) is 0 Å². The van der Waals surface area contributed by atoms with E-state index in [1.807, 2.05) is 0 Å². The van der Waals surface area contributed by atoms with Crippen LogP contribution in [0.5, 0.6) is 0 Å². The van der Waals surface area contributed by atoms with E-state index in [-0.39, 0.29) is 40.7 Å². The molecule has 134 valence electrons. The first kappa shape index (κ1) is 17.5. The second-order valence-electron chi connectivity index (χ2n) is 8.82. The van der Waals surface area contributed by atoms with E-state index in [1.54, 1.807) is 0 Å². The molecule has 5 nitrogen and oxygen atoms in total. The van der Waals surface area contributed by atoms with Crippen molar-refractivity contribution in [3.63, 3.8) is 0 Å². The van der Waals surface area contributed by atoms with Crippen molar-refractivity contribution in [2.45, 2.75) is 71.7 Å². The number of aliphatic hydroxyl groups is 1. The Labute approximate surface area is 143 Å². The molecule has 3 fully saturated rings. The second-order valence-corrected chi connectivity index (χ2v) is 8.82. The predicted octanol–water partition coefficient (Wildman–Crippen LogP) is 2.61. The SMILES string of the molecule is C=C1C(OC(C)=O)CC2CC3(C)C(OC(C)=O)CC(C)(C)C3C12O. The largest absolute Gasteiger partial charge is 0.462 e. The Kier molecular flexibility index (Phi) is 3.69. The Morgan fingerprint density at radius 2 is 1.71 bits per heavy atom. The van der Waals surface area contributed by atoms with Crippen LogP contribution in [0.2, 0.25) is 0 Å². The number of esters is 2. The maximum atomic E-state index is 11.7. The van der Waals surface area contributed by atoms with Gasteiger partial charge in [0.2, 0.25) is 0 Å². The number of hydrogen-bond donors (Lipinski definition) is 1. The van der Waals surface area contributed by atoms with Gasteiger partial charge in [0, 0.05) is 25.2 Å². The summed E-state index contributed by atoms with van der Waals surface area (Å²) < 4.78 is 11.0. The molecule has 0 bridgehead atoms. The van der Waals surface area contributed by atoms with E-state index in [2.05, 4.69) is 27.4 Å². The summed E-state index contributed by atoms with van der Waals surface area (Å²) in [7, 11) is 0. The maximum absolute atomic E-state index is 11.7. The third-order valence-electron chi connectivity index (χ3n) is 6.65. The van der Waals surface area contributed by atoms with Crippen LogP contribution < -0.4 is 0 Å². The number of hydrogen-bond acceptors (Lipinski definition) is 5. The summed E-state index contributed by atoms with van der Waals surface area (Å²) in [5, 5.41) is 11.7. The van der Waals surface area contributed by atoms with Crippen LogP contribution >= 0.6 is 0 Å². The molecule has 0 saturated heterocycles. The fourth-order valence-corrected chi connectivity index (χ4v) is 6.24. The lowest BCUT2D eigenvalue weighted by Crippen LogP contribution is -2.47. The molecule has 0 aromatic carbocycles. The molecule has 0 radical (unpaired) electrons. The van der Waals surface area contributed by atoms with Crippen LogP contribution in [-0.4, -0.2) is 34.9 Å². The first-order chi connectivity index (χ1) is 10.9. The zero-order valence-electron chi connectivity index (χ0n) is 15.2. The van der Waals surface area contributed by atoms with Crippen molar-refractivity contribution in [3.8, 4) is 0 Å². The van der Waals surface area contributed by atoms with Gasteiger partial charge < -0.3 is 14.6 Å². The normalized spacial score (nSPS) is 45.7. The number of rotatable bonds is 2. The van der Waals surface area contributed by atoms with Gasteiger partial charge in [0.05, 0.1) is 5.60 Å². The molecular weight excluding hydrogens is 308 g/mol. The van der Waals surface area contributed by atoms with Gasteiger partial charge in [0.1, 0.15) is 12.2 Å². The van der Waals surface area contributed by atoms with Gasteiger partial charge in [-0.1, -0.05) is 27.4 Å². The van der Waals surface area contributed by atoms with Gasteiger partial charge in [-0.2, -0.15) is 0 Å². The van der Waals surface area contributed by atoms with Crippen molar-refractivity contribution in [1.82, 2.24) is 0 Å². The third-order valence-corrected chi connectivity index (χ3v) is 6.65. The summed E-state index contributed by atoms with van der Waals surface area (Å²) in [5.74, 6) is -0.740. The minimum absolute atomic E-state index is 0.0259. The molecule has 0 amide bonds. The minimum Gasteiger partial charge on any atom is -0.462 e. The highest BCUT2D eigenvalue weighted by Gasteiger charge is 2.74. The predicted molar refractivity (Wildman–Crippen MR) is 87.9 cm³/mol. The summed E-state index contributed by atoms with van der Waals surface area (Å²) in [6.45, 7) is 13.3. The van der Waals surface area contributed by atoms with E-state index in [1.165, 1.54) is 13.8 Å². The standard InChI is InChI=1S/C19H28O5/c1-10-14(23-11(2)20)7-13-8-18(6)15(24-12(3)21)9-17(4,5)16(18)19(10,13)22/h13-16,22H,1,7-9H2,2-6H3. The highest BCUT2D eigenvalue weighted by molar-refractivity contribution is 5.67. The van der Waals surface area contributed by atoms with Crippen molar-refractivity contribution >= 4 is 11.9 Å². The smallest absolute Gasteiger partial charge is 0.303 e. The third kappa shape index (κ3) is 2.17. The zero-order chi connectivity index (χ0) is 18.1. The van der Waals surface area contributed by atoms with E-state index < -0.39 is 11.7 Å². The summed E-state index contributed by atoms with van der Waals surface area (Å²) in [6, 6.07) is 0. The summed E-state index contributed by atoms with van der Waals surface area (Å²) in [5.41, 5.74) is -0.966. The highest BCUT2D eigenvalue weighted by atomic mass is 16.5. The molecule has 0 heterocycles. The van der Waals surface area contributed by atoms with E-state index in [4.69, 9.17) is 9.47 Å². The van der Waals surface area contributed by atoms with Gasteiger partial charge in [0.15, 0.2) is 0 Å². The number of ether oxygens (including phenoxy) is 2. The lowest BCUT2D eigenvalue weighted by molar-refractivity contribution is -0.153. The van der Waals surface area contributed by atoms with Crippen LogP contribution in [-0.2, 0) is 19.1 Å². The topological polar surface area (TPSA) is 72.8 Å². The fourth-order valence-electron chi connectivity index (χ4n) is 6.24. The number of carbonyl (C=O) groups excluding carboxylic acids is 2. The van der Waals surface area contributed by atoms with Gasteiger partial charge in [0.25, 0.3) is 0 Å². The zero-order valence-corrected chi connectivity index (χ0v) is 15.2. The molecule has 6 atom stereocenters. The minimum atomic E-state index is -1.08. The van der Waals surface area contributed by atoms with Crippen LogP contribution in [0.25, 0.3) is 0 Å².